The van der Waals surface area contributed by atoms with Crippen molar-refractivity contribution in [1.82, 2.24) is 9.97 Å². The standard InChI is InChI=1S/C14H21N3O/c1-4-12(18)13(15)14-16-10-6-5-9(8(2)3)7-11(10)17-14/h5-8,12-13,18H,4,15H2,1-3H3,(H,16,17). The van der Waals surface area contributed by atoms with Crippen molar-refractivity contribution in [3.05, 3.63) is 29.6 Å². The van der Waals surface area contributed by atoms with Crippen LogP contribution in [0.15, 0.2) is 18.2 Å². The summed E-state index contributed by atoms with van der Waals surface area (Å²) in [4.78, 5) is 7.65. The SMILES string of the molecule is CCC(O)C(N)c1nc2ccc(C(C)C)cc2[nH]1. The third-order valence-corrected chi connectivity index (χ3v) is 3.34. The van der Waals surface area contributed by atoms with Gasteiger partial charge in [-0.3, -0.25) is 0 Å². The van der Waals surface area contributed by atoms with Crippen LogP contribution in [-0.4, -0.2) is 21.2 Å². The Hall–Kier alpha value is -1.39. The zero-order chi connectivity index (χ0) is 13.3. The maximum atomic E-state index is 9.76. The number of fused-ring (bicyclic) bond motifs is 1. The van der Waals surface area contributed by atoms with Crippen LogP contribution in [-0.2, 0) is 0 Å². The number of H-pyrrole nitrogens is 1. The van der Waals surface area contributed by atoms with Gasteiger partial charge in [-0.1, -0.05) is 26.8 Å². The van der Waals surface area contributed by atoms with Crippen molar-refractivity contribution in [3.63, 3.8) is 0 Å². The summed E-state index contributed by atoms with van der Waals surface area (Å²) in [6.45, 7) is 6.22. The van der Waals surface area contributed by atoms with Crippen LogP contribution in [0, 0.1) is 0 Å². The second-order valence-corrected chi connectivity index (χ2v) is 5.05. The van der Waals surface area contributed by atoms with Gasteiger partial charge >= 0.3 is 0 Å². The van der Waals surface area contributed by atoms with Crippen molar-refractivity contribution in [2.24, 2.45) is 5.73 Å². The molecule has 1 heterocycles. The molecule has 4 N–H and O–H groups in total. The first-order chi connectivity index (χ1) is 8.52. The fraction of sp³-hybridized carbons (Fsp3) is 0.500. The highest BCUT2D eigenvalue weighted by atomic mass is 16.3. The predicted molar refractivity (Wildman–Crippen MR) is 73.4 cm³/mol. The third kappa shape index (κ3) is 2.40. The van der Waals surface area contributed by atoms with Crippen LogP contribution >= 0.6 is 0 Å². The van der Waals surface area contributed by atoms with Gasteiger partial charge in [-0.2, -0.15) is 0 Å². The molecule has 0 amide bonds. The lowest BCUT2D eigenvalue weighted by Crippen LogP contribution is -2.26. The summed E-state index contributed by atoms with van der Waals surface area (Å²) in [6, 6.07) is 5.72. The average molecular weight is 247 g/mol. The van der Waals surface area contributed by atoms with Gasteiger partial charge in [0.2, 0.25) is 0 Å². The number of nitrogens with zero attached hydrogens (tertiary/aromatic N) is 1. The predicted octanol–water partition coefficient (Wildman–Crippen LogP) is 2.46. The Morgan fingerprint density at radius 1 is 1.39 bits per heavy atom. The summed E-state index contributed by atoms with van der Waals surface area (Å²) >= 11 is 0. The first-order valence-corrected chi connectivity index (χ1v) is 6.46. The second kappa shape index (κ2) is 5.08. The molecule has 2 unspecified atom stereocenters. The summed E-state index contributed by atoms with van der Waals surface area (Å²) in [5.74, 6) is 1.14. The molecule has 1 aromatic heterocycles. The number of nitrogens with one attached hydrogen (secondary N) is 1. The molecule has 4 heteroatoms. The molecule has 0 aliphatic rings. The Labute approximate surface area is 107 Å². The number of hydrogen-bond acceptors (Lipinski definition) is 3. The maximum absolute atomic E-state index is 9.76. The molecule has 2 aromatic rings. The molecule has 4 nitrogen and oxygen atoms in total. The first-order valence-electron chi connectivity index (χ1n) is 6.46. The lowest BCUT2D eigenvalue weighted by Gasteiger charge is -2.14. The van der Waals surface area contributed by atoms with Gasteiger partial charge in [0, 0.05) is 0 Å². The van der Waals surface area contributed by atoms with E-state index in [1.54, 1.807) is 0 Å². The number of aliphatic hydroxyl groups is 1. The highest BCUT2D eigenvalue weighted by Crippen LogP contribution is 2.22. The number of rotatable bonds is 4. The van der Waals surface area contributed by atoms with Crippen LogP contribution in [0.2, 0.25) is 0 Å². The van der Waals surface area contributed by atoms with Gasteiger partial charge in [0.1, 0.15) is 5.82 Å². The molecule has 18 heavy (non-hydrogen) atoms. The summed E-state index contributed by atoms with van der Waals surface area (Å²) in [6.07, 6.45) is 0.0604. The molecule has 0 spiro atoms. The van der Waals surface area contributed by atoms with E-state index >= 15 is 0 Å². The van der Waals surface area contributed by atoms with Gasteiger partial charge in [-0.05, 0) is 30.0 Å². The Morgan fingerprint density at radius 3 is 2.72 bits per heavy atom. The van der Waals surface area contributed by atoms with Crippen molar-refractivity contribution in [3.8, 4) is 0 Å². The molecule has 0 bridgehead atoms. The molecule has 1 aromatic carbocycles. The van der Waals surface area contributed by atoms with E-state index in [1.165, 1.54) is 5.56 Å². The monoisotopic (exact) mass is 247 g/mol. The van der Waals surface area contributed by atoms with Crippen molar-refractivity contribution in [2.75, 3.05) is 0 Å². The van der Waals surface area contributed by atoms with E-state index in [1.807, 2.05) is 13.0 Å². The van der Waals surface area contributed by atoms with E-state index in [0.29, 0.717) is 18.2 Å². The Kier molecular flexibility index (Phi) is 3.68. The van der Waals surface area contributed by atoms with E-state index in [-0.39, 0.29) is 0 Å². The van der Waals surface area contributed by atoms with E-state index in [9.17, 15) is 5.11 Å². The topological polar surface area (TPSA) is 74.9 Å². The molecule has 2 atom stereocenters. The summed E-state index contributed by atoms with van der Waals surface area (Å²) in [5.41, 5.74) is 9.11. The first kappa shape index (κ1) is 13.1. The number of benzene rings is 1. The molecule has 0 saturated carbocycles. The molecule has 98 valence electrons. The summed E-state index contributed by atoms with van der Waals surface area (Å²) in [5, 5.41) is 9.76. The number of aliphatic hydroxyl groups excluding tert-OH is 1. The molecule has 0 aliphatic heterocycles. The normalized spacial score (nSPS) is 15.2. The van der Waals surface area contributed by atoms with Gasteiger partial charge in [0.25, 0.3) is 0 Å². The Morgan fingerprint density at radius 2 is 2.11 bits per heavy atom. The number of imidazole rings is 1. The number of aromatic amines is 1. The highest BCUT2D eigenvalue weighted by molar-refractivity contribution is 5.76. The van der Waals surface area contributed by atoms with Crippen molar-refractivity contribution in [1.29, 1.82) is 0 Å². The molecule has 0 fully saturated rings. The largest absolute Gasteiger partial charge is 0.391 e. The molecule has 0 aliphatic carbocycles. The number of hydrogen-bond donors (Lipinski definition) is 3. The Balaban J connectivity index is 2.38. The van der Waals surface area contributed by atoms with Gasteiger partial charge in [0.15, 0.2) is 0 Å². The number of aromatic nitrogens is 2. The molecular weight excluding hydrogens is 226 g/mol. The van der Waals surface area contributed by atoms with Gasteiger partial charge < -0.3 is 15.8 Å². The lowest BCUT2D eigenvalue weighted by molar-refractivity contribution is 0.138. The van der Waals surface area contributed by atoms with Gasteiger partial charge in [0.05, 0.1) is 23.2 Å². The minimum atomic E-state index is -0.560. The minimum absolute atomic E-state index is 0.454. The van der Waals surface area contributed by atoms with Gasteiger partial charge in [-0.25, -0.2) is 4.98 Å². The van der Waals surface area contributed by atoms with Crippen LogP contribution in [0.1, 0.15) is 50.5 Å². The maximum Gasteiger partial charge on any atom is 0.126 e. The van der Waals surface area contributed by atoms with Crippen LogP contribution in [0.25, 0.3) is 11.0 Å². The minimum Gasteiger partial charge on any atom is -0.391 e. The highest BCUT2D eigenvalue weighted by Gasteiger charge is 2.18. The second-order valence-electron chi connectivity index (χ2n) is 5.05. The van der Waals surface area contributed by atoms with E-state index in [0.717, 1.165) is 11.0 Å². The molecule has 2 rings (SSSR count). The van der Waals surface area contributed by atoms with E-state index < -0.39 is 12.1 Å². The Bertz CT molecular complexity index is 533. The van der Waals surface area contributed by atoms with Crippen LogP contribution in [0.4, 0.5) is 0 Å². The van der Waals surface area contributed by atoms with Crippen molar-refractivity contribution >= 4 is 11.0 Å². The zero-order valence-electron chi connectivity index (χ0n) is 11.1. The number of nitrogens with two attached hydrogens (primary N) is 1. The van der Waals surface area contributed by atoms with Crippen LogP contribution < -0.4 is 5.73 Å². The van der Waals surface area contributed by atoms with Crippen molar-refractivity contribution in [2.45, 2.75) is 45.3 Å². The summed E-state index contributed by atoms with van der Waals surface area (Å²) < 4.78 is 0. The summed E-state index contributed by atoms with van der Waals surface area (Å²) in [7, 11) is 0. The van der Waals surface area contributed by atoms with Crippen molar-refractivity contribution < 1.29 is 5.11 Å². The quantitative estimate of drug-likeness (QED) is 0.777. The van der Waals surface area contributed by atoms with E-state index in [2.05, 4.69) is 35.9 Å². The third-order valence-electron chi connectivity index (χ3n) is 3.34. The average Bonchev–Trinajstić information content (AvgIpc) is 2.79. The zero-order valence-corrected chi connectivity index (χ0v) is 11.1. The fourth-order valence-corrected chi connectivity index (χ4v) is 2.00. The molecule has 0 saturated heterocycles. The van der Waals surface area contributed by atoms with Gasteiger partial charge in [-0.15, -0.1) is 0 Å². The fourth-order valence-electron chi connectivity index (χ4n) is 2.00. The van der Waals surface area contributed by atoms with Crippen LogP contribution in [0.3, 0.4) is 0 Å². The van der Waals surface area contributed by atoms with Crippen LogP contribution in [0.5, 0.6) is 0 Å². The smallest absolute Gasteiger partial charge is 0.126 e. The lowest BCUT2D eigenvalue weighted by atomic mass is 10.0. The molecular formula is C14H21N3O. The molecule has 0 radical (unpaired) electrons. The van der Waals surface area contributed by atoms with E-state index in [4.69, 9.17) is 5.73 Å².